The van der Waals surface area contributed by atoms with Crippen LogP contribution in [-0.4, -0.2) is 28.9 Å². The van der Waals surface area contributed by atoms with Gasteiger partial charge in [-0.2, -0.15) is 0 Å². The van der Waals surface area contributed by atoms with E-state index in [1.807, 2.05) is 26.8 Å². The van der Waals surface area contributed by atoms with Crippen molar-refractivity contribution in [3.8, 4) is 0 Å². The van der Waals surface area contributed by atoms with Gasteiger partial charge in [0.2, 0.25) is 0 Å². The van der Waals surface area contributed by atoms with Crippen LogP contribution in [0.25, 0.3) is 0 Å². The number of rotatable bonds is 5. The second kappa shape index (κ2) is 7.13. The third kappa shape index (κ3) is 4.22. The van der Waals surface area contributed by atoms with E-state index in [9.17, 15) is 9.90 Å². The van der Waals surface area contributed by atoms with Gasteiger partial charge >= 0.3 is 6.03 Å². The molecule has 1 heterocycles. The van der Waals surface area contributed by atoms with Gasteiger partial charge in [0.25, 0.3) is 0 Å². The van der Waals surface area contributed by atoms with Crippen LogP contribution in [0.4, 0.5) is 4.79 Å². The number of carbonyl (C=O) groups is 1. The third-order valence-corrected chi connectivity index (χ3v) is 4.52. The number of carbonyl (C=O) groups excluding carboxylic acids is 1. The van der Waals surface area contributed by atoms with Crippen LogP contribution in [0.3, 0.4) is 0 Å². The molecule has 6 nitrogen and oxygen atoms in total. The first-order valence-electron chi connectivity index (χ1n) is 8.06. The smallest absolute Gasteiger partial charge is 0.315 e. The molecule has 1 aliphatic carbocycles. The van der Waals surface area contributed by atoms with Gasteiger partial charge in [0.1, 0.15) is 0 Å². The van der Waals surface area contributed by atoms with E-state index >= 15 is 0 Å². The van der Waals surface area contributed by atoms with E-state index in [0.717, 1.165) is 31.4 Å². The van der Waals surface area contributed by atoms with Crippen LogP contribution >= 0.6 is 0 Å². The van der Waals surface area contributed by atoms with Crippen LogP contribution in [0.15, 0.2) is 10.6 Å². The van der Waals surface area contributed by atoms with Gasteiger partial charge in [-0.3, -0.25) is 0 Å². The molecular formula is C16H27N3O3. The average Bonchev–Trinajstić information content (AvgIpc) is 2.96. The summed E-state index contributed by atoms with van der Waals surface area (Å²) in [5.41, 5.74) is 0.655. The van der Waals surface area contributed by atoms with Crippen LogP contribution in [0.5, 0.6) is 0 Å². The molecule has 0 spiro atoms. The molecule has 3 N–H and O–H groups in total. The Kier molecular flexibility index (Phi) is 5.45. The maximum atomic E-state index is 11.9. The summed E-state index contributed by atoms with van der Waals surface area (Å²) in [6.07, 6.45) is 3.58. The van der Waals surface area contributed by atoms with Crippen molar-refractivity contribution in [2.75, 3.05) is 6.54 Å². The van der Waals surface area contributed by atoms with Gasteiger partial charge in [-0.1, -0.05) is 38.8 Å². The van der Waals surface area contributed by atoms with E-state index in [1.165, 1.54) is 0 Å². The highest BCUT2D eigenvalue weighted by molar-refractivity contribution is 5.73. The highest BCUT2D eigenvalue weighted by atomic mass is 16.5. The number of hydrogen-bond donors (Lipinski definition) is 3. The van der Waals surface area contributed by atoms with Gasteiger partial charge < -0.3 is 20.3 Å². The molecule has 1 aliphatic rings. The number of hydrogen-bond acceptors (Lipinski definition) is 4. The highest BCUT2D eigenvalue weighted by Gasteiger charge is 2.35. The number of urea groups is 1. The number of amides is 2. The summed E-state index contributed by atoms with van der Waals surface area (Å²) in [6, 6.07) is 1.61. The molecule has 1 fully saturated rings. The van der Waals surface area contributed by atoms with Gasteiger partial charge in [-0.05, 0) is 18.8 Å². The van der Waals surface area contributed by atoms with Gasteiger partial charge in [-0.15, -0.1) is 0 Å². The van der Waals surface area contributed by atoms with E-state index in [-0.39, 0.29) is 17.6 Å². The van der Waals surface area contributed by atoms with Crippen molar-refractivity contribution in [3.05, 3.63) is 17.5 Å². The van der Waals surface area contributed by atoms with Crippen molar-refractivity contribution in [3.63, 3.8) is 0 Å². The normalized spacial score (nSPS) is 25.2. The van der Waals surface area contributed by atoms with Gasteiger partial charge in [0, 0.05) is 18.0 Å². The first kappa shape index (κ1) is 16.8. The predicted molar refractivity (Wildman–Crippen MR) is 83.4 cm³/mol. The molecule has 2 amide bonds. The topological polar surface area (TPSA) is 87.4 Å². The molecular weight excluding hydrogens is 282 g/mol. The molecule has 0 aromatic carbocycles. The minimum absolute atomic E-state index is 0.230. The molecule has 0 aliphatic heterocycles. The second-order valence-corrected chi connectivity index (χ2v) is 6.82. The first-order chi connectivity index (χ1) is 10.4. The lowest BCUT2D eigenvalue weighted by molar-refractivity contribution is 0.00308. The fourth-order valence-electron chi connectivity index (χ4n) is 2.78. The van der Waals surface area contributed by atoms with E-state index in [2.05, 4.69) is 15.8 Å². The maximum absolute atomic E-state index is 11.9. The minimum Gasteiger partial charge on any atom is -0.392 e. The lowest BCUT2D eigenvalue weighted by Gasteiger charge is -2.38. The van der Waals surface area contributed by atoms with Crippen LogP contribution in [-0.2, 0) is 6.54 Å². The zero-order chi connectivity index (χ0) is 16.2. The number of aromatic nitrogens is 1. The van der Waals surface area contributed by atoms with Gasteiger partial charge in [0.05, 0.1) is 18.3 Å². The Morgan fingerprint density at radius 2 is 2.27 bits per heavy atom. The van der Waals surface area contributed by atoms with Crippen molar-refractivity contribution < 1.29 is 14.4 Å². The van der Waals surface area contributed by atoms with Crippen molar-refractivity contribution in [2.24, 2.45) is 5.41 Å². The summed E-state index contributed by atoms with van der Waals surface area (Å²) in [7, 11) is 0. The van der Waals surface area contributed by atoms with Crippen LogP contribution in [0, 0.1) is 5.41 Å². The Hall–Kier alpha value is -1.56. The quantitative estimate of drug-likeness (QED) is 0.780. The maximum Gasteiger partial charge on any atom is 0.315 e. The summed E-state index contributed by atoms with van der Waals surface area (Å²) in [6.45, 7) is 6.90. The molecule has 2 unspecified atom stereocenters. The lowest BCUT2D eigenvalue weighted by atomic mass is 9.73. The second-order valence-electron chi connectivity index (χ2n) is 6.82. The monoisotopic (exact) mass is 309 g/mol. The number of nitrogens with zero attached hydrogens (tertiary/aromatic N) is 1. The Labute approximate surface area is 131 Å². The molecule has 124 valence electrons. The van der Waals surface area contributed by atoms with E-state index in [0.29, 0.717) is 24.8 Å². The molecule has 1 saturated carbocycles. The SMILES string of the molecule is CC(C)c1cc(CNC(=O)NCC2(C)CCCCC2O)on1. The molecule has 1 aromatic heterocycles. The van der Waals surface area contributed by atoms with Crippen molar-refractivity contribution in [1.29, 1.82) is 0 Å². The Morgan fingerprint density at radius 1 is 1.50 bits per heavy atom. The standard InChI is InChI=1S/C16H27N3O3/c1-11(2)13-8-12(22-19-13)9-17-15(21)18-10-16(3)7-5-4-6-14(16)20/h8,11,14,20H,4-7,9-10H2,1-3H3,(H2,17,18,21). The number of aliphatic hydroxyl groups is 1. The zero-order valence-corrected chi connectivity index (χ0v) is 13.7. The summed E-state index contributed by atoms with van der Waals surface area (Å²) >= 11 is 0. The summed E-state index contributed by atoms with van der Waals surface area (Å²) in [4.78, 5) is 11.9. The van der Waals surface area contributed by atoms with Gasteiger partial charge in [0.15, 0.2) is 5.76 Å². The van der Waals surface area contributed by atoms with Crippen molar-refractivity contribution in [1.82, 2.24) is 15.8 Å². The summed E-state index contributed by atoms with van der Waals surface area (Å²) < 4.78 is 5.18. The largest absolute Gasteiger partial charge is 0.392 e. The minimum atomic E-state index is -0.343. The Balaban J connectivity index is 1.75. The molecule has 0 saturated heterocycles. The molecule has 22 heavy (non-hydrogen) atoms. The Morgan fingerprint density at radius 3 is 2.91 bits per heavy atom. The number of aliphatic hydroxyl groups excluding tert-OH is 1. The molecule has 2 rings (SSSR count). The van der Waals surface area contributed by atoms with Crippen molar-refractivity contribution >= 4 is 6.03 Å². The van der Waals surface area contributed by atoms with Crippen molar-refractivity contribution in [2.45, 2.75) is 65.0 Å². The molecule has 0 bridgehead atoms. The average molecular weight is 309 g/mol. The van der Waals surface area contributed by atoms with E-state index in [4.69, 9.17) is 4.52 Å². The third-order valence-electron chi connectivity index (χ3n) is 4.52. The molecule has 6 heteroatoms. The predicted octanol–water partition coefficient (Wildman–Crippen LogP) is 2.54. The molecule has 2 atom stereocenters. The highest BCUT2D eigenvalue weighted by Crippen LogP contribution is 2.35. The summed E-state index contributed by atoms with van der Waals surface area (Å²) in [5, 5.41) is 19.7. The molecule has 0 radical (unpaired) electrons. The zero-order valence-electron chi connectivity index (χ0n) is 13.7. The lowest BCUT2D eigenvalue weighted by Crippen LogP contribution is -2.47. The van der Waals surface area contributed by atoms with E-state index < -0.39 is 0 Å². The fraction of sp³-hybridized carbons (Fsp3) is 0.750. The van der Waals surface area contributed by atoms with Crippen LogP contribution in [0.2, 0.25) is 0 Å². The van der Waals surface area contributed by atoms with Crippen LogP contribution in [0.1, 0.15) is 63.8 Å². The van der Waals surface area contributed by atoms with Gasteiger partial charge in [-0.25, -0.2) is 4.79 Å². The first-order valence-corrected chi connectivity index (χ1v) is 8.06. The summed E-state index contributed by atoms with van der Waals surface area (Å²) in [5.74, 6) is 0.946. The molecule has 1 aromatic rings. The van der Waals surface area contributed by atoms with Crippen LogP contribution < -0.4 is 10.6 Å². The number of nitrogens with one attached hydrogen (secondary N) is 2. The van der Waals surface area contributed by atoms with E-state index in [1.54, 1.807) is 0 Å². The fourth-order valence-corrected chi connectivity index (χ4v) is 2.78. The Bertz CT molecular complexity index is 501.